The van der Waals surface area contributed by atoms with Crippen molar-refractivity contribution in [3.8, 4) is 12.3 Å². The molecule has 4 aliphatic rings. The van der Waals surface area contributed by atoms with Crippen molar-refractivity contribution in [2.24, 2.45) is 22.7 Å². The lowest BCUT2D eigenvalue weighted by atomic mass is 9.50. The number of fused-ring (bicyclic) bond motifs is 5. The minimum absolute atomic E-state index is 0.125. The molecule has 4 atom stereocenters. The summed E-state index contributed by atoms with van der Waals surface area (Å²) in [6.45, 7) is 4.84. The van der Waals surface area contributed by atoms with Gasteiger partial charge in [-0.1, -0.05) is 37.5 Å². The molecule has 0 saturated heterocycles. The molecule has 0 amide bonds. The van der Waals surface area contributed by atoms with E-state index in [1.54, 1.807) is 12.7 Å². The minimum Gasteiger partial charge on any atom is -0.501 e. The minimum atomic E-state index is 0.125. The van der Waals surface area contributed by atoms with Gasteiger partial charge >= 0.3 is 0 Å². The SMILES string of the molecule is C#CC1=CC=C2C3CC=C4C=C(OC)CCC4(C)C3CC[C@@]12C. The number of ether oxygens (including phenoxy) is 1. The van der Waals surface area contributed by atoms with Gasteiger partial charge in [-0.3, -0.25) is 0 Å². The van der Waals surface area contributed by atoms with Crippen LogP contribution in [0.3, 0.4) is 0 Å². The second-order valence-corrected chi connectivity index (χ2v) is 8.06. The molecule has 23 heavy (non-hydrogen) atoms. The van der Waals surface area contributed by atoms with Gasteiger partial charge < -0.3 is 4.74 Å². The summed E-state index contributed by atoms with van der Waals surface area (Å²) >= 11 is 0. The van der Waals surface area contributed by atoms with Gasteiger partial charge in [0.1, 0.15) is 0 Å². The Labute approximate surface area is 140 Å². The number of terminal acetylenes is 1. The van der Waals surface area contributed by atoms with Gasteiger partial charge in [0, 0.05) is 17.4 Å². The van der Waals surface area contributed by atoms with Gasteiger partial charge in [0.05, 0.1) is 12.9 Å². The van der Waals surface area contributed by atoms with E-state index in [-0.39, 0.29) is 5.41 Å². The molecular formula is C22H26O. The van der Waals surface area contributed by atoms with Gasteiger partial charge in [-0.25, -0.2) is 0 Å². The fourth-order valence-electron chi connectivity index (χ4n) is 5.68. The Morgan fingerprint density at radius 2 is 2.09 bits per heavy atom. The van der Waals surface area contributed by atoms with E-state index in [0.29, 0.717) is 11.3 Å². The molecule has 0 heterocycles. The second kappa shape index (κ2) is 4.91. The molecule has 0 aliphatic heterocycles. The summed E-state index contributed by atoms with van der Waals surface area (Å²) in [4.78, 5) is 0. The summed E-state index contributed by atoms with van der Waals surface area (Å²) in [6.07, 6.45) is 21.0. The lowest BCUT2D eigenvalue weighted by molar-refractivity contribution is 0.0826. The van der Waals surface area contributed by atoms with Crippen molar-refractivity contribution in [1.82, 2.24) is 0 Å². The molecule has 0 spiro atoms. The molecule has 0 bridgehead atoms. The number of rotatable bonds is 1. The summed E-state index contributed by atoms with van der Waals surface area (Å²) in [5.41, 5.74) is 4.72. The van der Waals surface area contributed by atoms with E-state index in [4.69, 9.17) is 11.2 Å². The van der Waals surface area contributed by atoms with Crippen molar-refractivity contribution >= 4 is 0 Å². The number of hydrogen-bond donors (Lipinski definition) is 0. The Balaban J connectivity index is 1.72. The predicted octanol–water partition coefficient (Wildman–Crippen LogP) is 5.18. The third-order valence-corrected chi connectivity index (χ3v) is 7.20. The maximum atomic E-state index is 5.77. The summed E-state index contributed by atoms with van der Waals surface area (Å²) in [6, 6.07) is 0. The predicted molar refractivity (Wildman–Crippen MR) is 94.5 cm³/mol. The van der Waals surface area contributed by atoms with Gasteiger partial charge in [-0.05, 0) is 60.7 Å². The van der Waals surface area contributed by atoms with Crippen molar-refractivity contribution in [3.05, 3.63) is 46.8 Å². The number of allylic oxidation sites excluding steroid dienone is 8. The van der Waals surface area contributed by atoms with E-state index in [2.05, 4.69) is 44.1 Å². The van der Waals surface area contributed by atoms with E-state index in [9.17, 15) is 0 Å². The fourth-order valence-corrected chi connectivity index (χ4v) is 5.68. The first-order valence-electron chi connectivity index (χ1n) is 8.87. The smallest absolute Gasteiger partial charge is 0.0958 e. The molecule has 0 aromatic rings. The molecule has 1 fully saturated rings. The number of hydrogen-bond acceptors (Lipinski definition) is 1. The molecule has 120 valence electrons. The summed E-state index contributed by atoms with van der Waals surface area (Å²) in [7, 11) is 1.79. The Kier molecular flexibility index (Phi) is 3.17. The number of methoxy groups -OCH3 is 1. The molecule has 0 N–H and O–H groups in total. The summed E-state index contributed by atoms with van der Waals surface area (Å²) in [5, 5.41) is 0. The Morgan fingerprint density at radius 1 is 1.26 bits per heavy atom. The molecule has 1 saturated carbocycles. The van der Waals surface area contributed by atoms with Crippen LogP contribution < -0.4 is 0 Å². The maximum Gasteiger partial charge on any atom is 0.0958 e. The van der Waals surface area contributed by atoms with Gasteiger partial charge in [-0.2, -0.15) is 0 Å². The summed E-state index contributed by atoms with van der Waals surface area (Å²) < 4.78 is 5.51. The van der Waals surface area contributed by atoms with E-state index in [0.717, 1.165) is 24.5 Å². The Bertz CT molecular complexity index is 711. The maximum absolute atomic E-state index is 5.77. The molecular weight excluding hydrogens is 280 g/mol. The zero-order chi connectivity index (χ0) is 16.2. The lowest BCUT2D eigenvalue weighted by Crippen LogP contribution is -2.45. The largest absolute Gasteiger partial charge is 0.501 e. The van der Waals surface area contributed by atoms with Crippen molar-refractivity contribution in [2.45, 2.75) is 46.0 Å². The van der Waals surface area contributed by atoms with Gasteiger partial charge in [-0.15, -0.1) is 6.42 Å². The van der Waals surface area contributed by atoms with Crippen molar-refractivity contribution in [2.75, 3.05) is 7.11 Å². The monoisotopic (exact) mass is 306 g/mol. The molecule has 4 rings (SSSR count). The Morgan fingerprint density at radius 3 is 2.83 bits per heavy atom. The van der Waals surface area contributed by atoms with Crippen LogP contribution in [0.15, 0.2) is 46.8 Å². The molecule has 1 heteroatoms. The fraction of sp³-hybridized carbons (Fsp3) is 0.545. The molecule has 3 unspecified atom stereocenters. The standard InChI is InChI=1S/C22H26O/c1-5-15-7-9-19-18-8-6-16-14-17(23-4)10-12-22(16,3)20(18)11-13-21(15,19)2/h1,6-7,9,14,18,20H,8,10-13H2,2-4H3/t18?,20?,21-,22?/m0/s1. The highest BCUT2D eigenvalue weighted by Gasteiger charge is 2.53. The van der Waals surface area contributed by atoms with Crippen LogP contribution in [0.5, 0.6) is 0 Å². The van der Waals surface area contributed by atoms with Crippen molar-refractivity contribution in [1.29, 1.82) is 0 Å². The van der Waals surface area contributed by atoms with Crippen molar-refractivity contribution in [3.63, 3.8) is 0 Å². The average Bonchev–Trinajstić information content (AvgIpc) is 2.90. The summed E-state index contributed by atoms with van der Waals surface area (Å²) in [5.74, 6) is 5.48. The second-order valence-electron chi connectivity index (χ2n) is 8.06. The van der Waals surface area contributed by atoms with Crippen molar-refractivity contribution < 1.29 is 4.74 Å². The first-order valence-corrected chi connectivity index (χ1v) is 8.87. The van der Waals surface area contributed by atoms with Crippen LogP contribution in [0.4, 0.5) is 0 Å². The van der Waals surface area contributed by atoms with Gasteiger partial charge in [0.15, 0.2) is 0 Å². The lowest BCUT2D eigenvalue weighted by Gasteiger charge is -2.54. The highest BCUT2D eigenvalue weighted by atomic mass is 16.5. The zero-order valence-corrected chi connectivity index (χ0v) is 14.5. The topological polar surface area (TPSA) is 9.23 Å². The van der Waals surface area contributed by atoms with Crippen LogP contribution in [0, 0.1) is 35.0 Å². The molecule has 0 aromatic heterocycles. The highest BCUT2D eigenvalue weighted by Crippen LogP contribution is 2.63. The first-order chi connectivity index (χ1) is 11.0. The van der Waals surface area contributed by atoms with E-state index < -0.39 is 0 Å². The highest BCUT2D eigenvalue weighted by molar-refractivity contribution is 5.52. The average molecular weight is 306 g/mol. The van der Waals surface area contributed by atoms with Crippen LogP contribution in [0.2, 0.25) is 0 Å². The third-order valence-electron chi connectivity index (χ3n) is 7.20. The van der Waals surface area contributed by atoms with E-state index in [1.165, 1.54) is 30.4 Å². The third kappa shape index (κ3) is 1.87. The molecule has 4 aliphatic carbocycles. The van der Waals surface area contributed by atoms with E-state index >= 15 is 0 Å². The van der Waals surface area contributed by atoms with Crippen LogP contribution in [0.25, 0.3) is 0 Å². The van der Waals surface area contributed by atoms with E-state index in [1.807, 2.05) is 0 Å². The van der Waals surface area contributed by atoms with Crippen LogP contribution in [-0.4, -0.2) is 7.11 Å². The Hall–Kier alpha value is -1.68. The van der Waals surface area contributed by atoms with Crippen LogP contribution in [0.1, 0.15) is 46.0 Å². The molecule has 0 aromatic carbocycles. The zero-order valence-electron chi connectivity index (χ0n) is 14.5. The normalized spacial score (nSPS) is 41.3. The van der Waals surface area contributed by atoms with Crippen LogP contribution >= 0.6 is 0 Å². The molecule has 1 nitrogen and oxygen atoms in total. The first kappa shape index (κ1) is 14.9. The molecule has 0 radical (unpaired) electrons. The van der Waals surface area contributed by atoms with Crippen LogP contribution in [-0.2, 0) is 4.74 Å². The van der Waals surface area contributed by atoms with Gasteiger partial charge in [0.2, 0.25) is 0 Å². The quantitative estimate of drug-likeness (QED) is 0.607. The van der Waals surface area contributed by atoms with Gasteiger partial charge in [0.25, 0.3) is 0 Å².